The van der Waals surface area contributed by atoms with Gasteiger partial charge in [-0.3, -0.25) is 4.79 Å². The number of piperidine rings is 1. The molecule has 2 N–H and O–H groups in total. The molecule has 6 heteroatoms. The van der Waals surface area contributed by atoms with Gasteiger partial charge in [-0.25, -0.2) is 0 Å². The first kappa shape index (κ1) is 20.6. The molecule has 2 atom stereocenters. The van der Waals surface area contributed by atoms with Crippen LogP contribution in [0.1, 0.15) is 33.1 Å². The van der Waals surface area contributed by atoms with Crippen LogP contribution in [-0.4, -0.2) is 43.2 Å². The molecule has 2 unspecified atom stereocenters. The largest absolute Gasteiger partial charge is 0.494 e. The number of hydrogen-bond donors (Lipinski definition) is 1. The van der Waals surface area contributed by atoms with Gasteiger partial charge in [-0.2, -0.15) is 0 Å². The Morgan fingerprint density at radius 3 is 2.46 bits per heavy atom. The highest BCUT2D eigenvalue weighted by atomic mass is 35.5. The molecule has 0 aliphatic carbocycles. The van der Waals surface area contributed by atoms with E-state index in [2.05, 4.69) is 13.8 Å². The number of nitrogens with two attached hydrogens (primary N) is 1. The van der Waals surface area contributed by atoms with Crippen LogP contribution in [0.5, 0.6) is 11.5 Å². The molecule has 1 aliphatic heterocycles. The first-order valence-electron chi connectivity index (χ1n) is 8.49. The topological polar surface area (TPSA) is 64.8 Å². The molecular weight excluding hydrogens is 328 g/mol. The van der Waals surface area contributed by atoms with Crippen molar-refractivity contribution in [1.29, 1.82) is 0 Å². The average molecular weight is 357 g/mol. The van der Waals surface area contributed by atoms with Crippen molar-refractivity contribution >= 4 is 18.3 Å². The smallest absolute Gasteiger partial charge is 0.260 e. The Kier molecular flexibility index (Phi) is 8.93. The standard InChI is InChI=1S/C18H28N2O3.ClH/c1-3-10-22-16-4-6-17(7-5-16)23-13-18(21)20-9-8-14(2)11-15(20)12-19;/h4-7,14-15H,3,8-13,19H2,1-2H3;1H. The highest BCUT2D eigenvalue weighted by molar-refractivity contribution is 5.85. The van der Waals surface area contributed by atoms with Gasteiger partial charge in [0.1, 0.15) is 11.5 Å². The third-order valence-electron chi connectivity index (χ3n) is 4.23. The number of ether oxygens (including phenoxy) is 2. The lowest BCUT2D eigenvalue weighted by Gasteiger charge is -2.37. The molecule has 2 rings (SSSR count). The van der Waals surface area contributed by atoms with Gasteiger partial charge >= 0.3 is 0 Å². The van der Waals surface area contributed by atoms with Gasteiger partial charge in [-0.15, -0.1) is 12.4 Å². The van der Waals surface area contributed by atoms with E-state index in [0.29, 0.717) is 24.8 Å². The molecule has 0 bridgehead atoms. The molecule has 0 saturated carbocycles. The summed E-state index contributed by atoms with van der Waals surface area (Å²) < 4.78 is 11.1. The number of benzene rings is 1. The SMILES string of the molecule is CCCOc1ccc(OCC(=O)N2CCC(C)CC2CN)cc1.Cl. The van der Waals surface area contributed by atoms with Crippen molar-refractivity contribution in [3.63, 3.8) is 0 Å². The number of carbonyl (C=O) groups excluding carboxylic acids is 1. The third kappa shape index (κ3) is 5.87. The van der Waals surface area contributed by atoms with Gasteiger partial charge in [0.15, 0.2) is 6.61 Å². The Labute approximate surface area is 150 Å². The van der Waals surface area contributed by atoms with Gasteiger partial charge < -0.3 is 20.1 Å². The summed E-state index contributed by atoms with van der Waals surface area (Å²) in [5, 5.41) is 0. The molecule has 1 fully saturated rings. The molecule has 5 nitrogen and oxygen atoms in total. The minimum atomic E-state index is 0. The number of halogens is 1. The number of hydrogen-bond acceptors (Lipinski definition) is 4. The molecule has 1 saturated heterocycles. The van der Waals surface area contributed by atoms with E-state index in [1.54, 1.807) is 0 Å². The van der Waals surface area contributed by atoms with Gasteiger partial charge in [0.25, 0.3) is 5.91 Å². The maximum Gasteiger partial charge on any atom is 0.260 e. The van der Waals surface area contributed by atoms with E-state index in [9.17, 15) is 4.79 Å². The van der Waals surface area contributed by atoms with Crippen LogP contribution < -0.4 is 15.2 Å². The van der Waals surface area contributed by atoms with Crippen LogP contribution >= 0.6 is 12.4 Å². The second-order valence-corrected chi connectivity index (χ2v) is 6.21. The lowest BCUT2D eigenvalue weighted by molar-refractivity contribution is -0.137. The summed E-state index contributed by atoms with van der Waals surface area (Å²) in [5.41, 5.74) is 5.81. The zero-order valence-electron chi connectivity index (χ0n) is 14.6. The minimum absolute atomic E-state index is 0. The maximum absolute atomic E-state index is 12.4. The fourth-order valence-electron chi connectivity index (χ4n) is 2.88. The molecule has 1 amide bonds. The number of rotatable bonds is 7. The molecule has 136 valence electrons. The van der Waals surface area contributed by atoms with E-state index in [-0.39, 0.29) is 31.0 Å². The van der Waals surface area contributed by atoms with Crippen molar-refractivity contribution < 1.29 is 14.3 Å². The molecular formula is C18H29ClN2O3. The molecule has 1 aromatic carbocycles. The van der Waals surface area contributed by atoms with Gasteiger partial charge in [-0.05, 0) is 49.4 Å². The lowest BCUT2D eigenvalue weighted by Crippen LogP contribution is -2.50. The molecule has 0 aromatic heterocycles. The molecule has 1 aromatic rings. The van der Waals surface area contributed by atoms with Gasteiger partial charge in [-0.1, -0.05) is 13.8 Å². The minimum Gasteiger partial charge on any atom is -0.494 e. The summed E-state index contributed by atoms with van der Waals surface area (Å²) >= 11 is 0. The average Bonchev–Trinajstić information content (AvgIpc) is 2.58. The number of amides is 1. The Morgan fingerprint density at radius 1 is 1.25 bits per heavy atom. The maximum atomic E-state index is 12.4. The van der Waals surface area contributed by atoms with E-state index in [1.165, 1.54) is 0 Å². The second kappa shape index (κ2) is 10.4. The van der Waals surface area contributed by atoms with Crippen molar-refractivity contribution in [2.24, 2.45) is 11.7 Å². The van der Waals surface area contributed by atoms with Crippen molar-refractivity contribution in [3.8, 4) is 11.5 Å². The first-order chi connectivity index (χ1) is 11.1. The van der Waals surface area contributed by atoms with Crippen molar-refractivity contribution in [1.82, 2.24) is 4.90 Å². The third-order valence-corrected chi connectivity index (χ3v) is 4.23. The lowest BCUT2D eigenvalue weighted by atomic mass is 9.92. The Morgan fingerprint density at radius 2 is 1.88 bits per heavy atom. The van der Waals surface area contributed by atoms with Crippen LogP contribution in [0.3, 0.4) is 0 Å². The zero-order valence-corrected chi connectivity index (χ0v) is 15.4. The molecule has 1 aliphatic rings. The number of likely N-dealkylation sites (tertiary alicyclic amines) is 1. The summed E-state index contributed by atoms with van der Waals surface area (Å²) in [4.78, 5) is 14.3. The summed E-state index contributed by atoms with van der Waals surface area (Å²) in [5.74, 6) is 2.14. The second-order valence-electron chi connectivity index (χ2n) is 6.21. The molecule has 1 heterocycles. The van der Waals surface area contributed by atoms with E-state index in [0.717, 1.165) is 31.6 Å². The number of carbonyl (C=O) groups is 1. The van der Waals surface area contributed by atoms with Gasteiger partial charge in [0, 0.05) is 19.1 Å². The van der Waals surface area contributed by atoms with Crippen LogP contribution in [-0.2, 0) is 4.79 Å². The van der Waals surface area contributed by atoms with E-state index in [1.807, 2.05) is 29.2 Å². The van der Waals surface area contributed by atoms with Crippen LogP contribution in [0.15, 0.2) is 24.3 Å². The summed E-state index contributed by atoms with van der Waals surface area (Å²) in [7, 11) is 0. The van der Waals surface area contributed by atoms with E-state index >= 15 is 0 Å². The van der Waals surface area contributed by atoms with Crippen molar-refractivity contribution in [2.75, 3.05) is 26.3 Å². The fourth-order valence-corrected chi connectivity index (χ4v) is 2.88. The Hall–Kier alpha value is -1.46. The highest BCUT2D eigenvalue weighted by Crippen LogP contribution is 2.22. The molecule has 0 spiro atoms. The van der Waals surface area contributed by atoms with Crippen molar-refractivity contribution in [3.05, 3.63) is 24.3 Å². The molecule has 0 radical (unpaired) electrons. The van der Waals surface area contributed by atoms with E-state index < -0.39 is 0 Å². The summed E-state index contributed by atoms with van der Waals surface area (Å²) in [6.07, 6.45) is 2.99. The summed E-state index contributed by atoms with van der Waals surface area (Å²) in [6.45, 7) is 6.32. The van der Waals surface area contributed by atoms with Crippen LogP contribution in [0, 0.1) is 5.92 Å². The monoisotopic (exact) mass is 356 g/mol. The summed E-state index contributed by atoms with van der Waals surface area (Å²) in [6, 6.07) is 7.52. The van der Waals surface area contributed by atoms with Gasteiger partial charge in [0.05, 0.1) is 6.61 Å². The number of nitrogens with zero attached hydrogens (tertiary/aromatic N) is 1. The van der Waals surface area contributed by atoms with E-state index in [4.69, 9.17) is 15.2 Å². The quantitative estimate of drug-likeness (QED) is 0.815. The normalized spacial score (nSPS) is 20.2. The Balaban J connectivity index is 0.00000288. The van der Waals surface area contributed by atoms with Crippen LogP contribution in [0.4, 0.5) is 0 Å². The molecule has 24 heavy (non-hydrogen) atoms. The first-order valence-corrected chi connectivity index (χ1v) is 8.49. The predicted octanol–water partition coefficient (Wildman–Crippen LogP) is 2.86. The van der Waals surface area contributed by atoms with Gasteiger partial charge in [0.2, 0.25) is 0 Å². The van der Waals surface area contributed by atoms with Crippen LogP contribution in [0.25, 0.3) is 0 Å². The Bertz CT molecular complexity index is 496. The predicted molar refractivity (Wildman–Crippen MR) is 97.9 cm³/mol. The van der Waals surface area contributed by atoms with Crippen molar-refractivity contribution in [2.45, 2.75) is 39.2 Å². The van der Waals surface area contributed by atoms with Crippen LogP contribution in [0.2, 0.25) is 0 Å². The highest BCUT2D eigenvalue weighted by Gasteiger charge is 2.28. The fraction of sp³-hybridized carbons (Fsp3) is 0.611. The zero-order chi connectivity index (χ0) is 16.7.